The second-order valence-electron chi connectivity index (χ2n) is 15.9. The number of fused-ring (bicyclic) bond motifs is 6. The molecule has 2 nitrogen and oxygen atoms in total. The molecule has 0 fully saturated rings. The summed E-state index contributed by atoms with van der Waals surface area (Å²) < 4.78 is 72.5. The third-order valence-electron chi connectivity index (χ3n) is 12.6. The molecular formula is C60H42N2Si. The van der Waals surface area contributed by atoms with E-state index in [4.69, 9.17) is 0 Å². The molecule has 0 radical (unpaired) electrons. The topological polar surface area (TPSA) is 9.86 Å². The molecule has 2 aromatic heterocycles. The second kappa shape index (κ2) is 15.2. The maximum Gasteiger partial charge on any atom is 0.180 e. The summed E-state index contributed by atoms with van der Waals surface area (Å²) in [5.74, 6) is 0. The molecule has 0 aliphatic heterocycles. The molecule has 0 amide bonds. The fourth-order valence-corrected chi connectivity index (χ4v) is 14.7. The van der Waals surface area contributed by atoms with Crippen LogP contribution in [-0.4, -0.2) is 17.2 Å². The van der Waals surface area contributed by atoms with E-state index in [9.17, 15) is 9.60 Å². The van der Waals surface area contributed by atoms with Gasteiger partial charge in [0.2, 0.25) is 0 Å². The highest BCUT2D eigenvalue weighted by molar-refractivity contribution is 7.20. The first-order valence-corrected chi connectivity index (χ1v) is 23.2. The Balaban J connectivity index is 1.29. The molecule has 0 atom stereocenters. The molecule has 2 heterocycles. The minimum atomic E-state index is -3.84. The number of para-hydroxylation sites is 3. The molecule has 0 saturated heterocycles. The van der Waals surface area contributed by atoms with Gasteiger partial charge in [0.05, 0.1) is 37.3 Å². The lowest BCUT2D eigenvalue weighted by atomic mass is 10.1. The third kappa shape index (κ3) is 5.85. The van der Waals surface area contributed by atoms with Crippen molar-refractivity contribution in [2.24, 2.45) is 0 Å². The molecule has 0 saturated carbocycles. The quantitative estimate of drug-likeness (QED) is 0.107. The predicted octanol–water partition coefficient (Wildman–Crippen LogP) is 12.6. The first-order valence-electron chi connectivity index (χ1n) is 24.7. The Hall–Kier alpha value is -7.98. The molecule has 12 rings (SSSR count). The SMILES string of the molecule is [2H]c1c([2H])c([2H])c2c(c1[2H])c1c([Si](c3ccccc3)(c3ccccc3)c3cccc(-c4ccccc4)c3)c([2H])c([2H])c([2H])c1n2-c1cccc2c3ccccc3n(-c3ccc(-c4ccccc4)cc3)c12. The molecule has 0 N–H and O–H groups in total. The summed E-state index contributed by atoms with van der Waals surface area (Å²) in [5.41, 5.74) is 7.67. The van der Waals surface area contributed by atoms with Gasteiger partial charge < -0.3 is 9.13 Å². The van der Waals surface area contributed by atoms with Gasteiger partial charge in [-0.15, -0.1) is 0 Å². The van der Waals surface area contributed by atoms with Gasteiger partial charge in [-0.25, -0.2) is 0 Å². The largest absolute Gasteiger partial charge is 0.307 e. The van der Waals surface area contributed by atoms with Crippen molar-refractivity contribution in [3.05, 3.63) is 255 Å². The van der Waals surface area contributed by atoms with Crippen LogP contribution in [0.4, 0.5) is 0 Å². The van der Waals surface area contributed by atoms with E-state index < -0.39 is 20.2 Å². The highest BCUT2D eigenvalue weighted by Crippen LogP contribution is 2.40. The average molecular weight is 826 g/mol. The van der Waals surface area contributed by atoms with E-state index in [1.165, 1.54) is 0 Å². The Morgan fingerprint density at radius 1 is 0.349 bits per heavy atom. The summed E-state index contributed by atoms with van der Waals surface area (Å²) in [4.78, 5) is 0. The summed E-state index contributed by atoms with van der Waals surface area (Å²) in [6.07, 6.45) is 0. The van der Waals surface area contributed by atoms with Crippen molar-refractivity contribution in [2.75, 3.05) is 0 Å². The van der Waals surface area contributed by atoms with Gasteiger partial charge in [0.1, 0.15) is 0 Å². The van der Waals surface area contributed by atoms with Crippen LogP contribution >= 0.6 is 0 Å². The molecule has 0 aliphatic carbocycles. The fraction of sp³-hybridized carbons (Fsp3) is 0. The maximum atomic E-state index is 10.3. The van der Waals surface area contributed by atoms with Gasteiger partial charge in [-0.05, 0) is 79.4 Å². The number of aromatic nitrogens is 2. The van der Waals surface area contributed by atoms with Crippen LogP contribution in [-0.2, 0) is 0 Å². The molecule has 296 valence electrons. The molecule has 63 heavy (non-hydrogen) atoms. The standard InChI is InChI=1S/C60H42N2Si/c1-5-20-43(21-6-1)45-38-40-47(41-39-45)61-54-33-15-13-30-51(54)52-32-18-36-57(60(52)61)62-55-34-16-14-31-53(55)59-56(62)35-19-37-58(59)63(48-25-9-3-10-26-48,49-27-11-4-12-28-49)50-29-17-24-46(42-50)44-22-7-2-8-23-44/h1-42H/i14D,16D,19D,31D,34D,35D,37D. The highest BCUT2D eigenvalue weighted by atomic mass is 28.3. The van der Waals surface area contributed by atoms with Crippen molar-refractivity contribution in [1.29, 1.82) is 0 Å². The van der Waals surface area contributed by atoms with Gasteiger partial charge in [-0.2, -0.15) is 0 Å². The van der Waals surface area contributed by atoms with Crippen molar-refractivity contribution >= 4 is 72.4 Å². The Morgan fingerprint density at radius 2 is 0.889 bits per heavy atom. The number of rotatable bonds is 8. The van der Waals surface area contributed by atoms with Crippen LogP contribution in [0.2, 0.25) is 0 Å². The Morgan fingerprint density at radius 3 is 1.60 bits per heavy atom. The highest BCUT2D eigenvalue weighted by Gasteiger charge is 2.43. The van der Waals surface area contributed by atoms with Crippen molar-refractivity contribution in [1.82, 2.24) is 9.13 Å². The monoisotopic (exact) mass is 825 g/mol. The van der Waals surface area contributed by atoms with Crippen LogP contribution < -0.4 is 20.7 Å². The molecule has 0 unspecified atom stereocenters. The van der Waals surface area contributed by atoms with Crippen LogP contribution in [0, 0.1) is 0 Å². The normalized spacial score (nSPS) is 13.4. The molecule has 0 aliphatic rings. The zero-order valence-corrected chi connectivity index (χ0v) is 35.1. The molecule has 0 bridgehead atoms. The van der Waals surface area contributed by atoms with E-state index in [2.05, 4.69) is 114 Å². The summed E-state index contributed by atoms with van der Waals surface area (Å²) in [6.45, 7) is 0. The maximum absolute atomic E-state index is 10.3. The third-order valence-corrected chi connectivity index (χ3v) is 17.3. The molecular weight excluding hydrogens is 777 g/mol. The zero-order valence-electron chi connectivity index (χ0n) is 41.1. The lowest BCUT2D eigenvalue weighted by Crippen LogP contribution is -2.74. The van der Waals surface area contributed by atoms with Crippen LogP contribution in [0.1, 0.15) is 9.60 Å². The Labute approximate surface area is 378 Å². The van der Waals surface area contributed by atoms with E-state index in [0.717, 1.165) is 65.3 Å². The van der Waals surface area contributed by atoms with Crippen LogP contribution in [0.15, 0.2) is 255 Å². The lowest BCUT2D eigenvalue weighted by Gasteiger charge is -2.35. The zero-order chi connectivity index (χ0) is 47.8. The van der Waals surface area contributed by atoms with Crippen LogP contribution in [0.5, 0.6) is 0 Å². The van der Waals surface area contributed by atoms with Gasteiger partial charge in [0.25, 0.3) is 0 Å². The first-order chi connectivity index (χ1) is 34.2. The van der Waals surface area contributed by atoms with E-state index in [1.807, 2.05) is 103 Å². The van der Waals surface area contributed by atoms with Crippen LogP contribution in [0.3, 0.4) is 0 Å². The molecule has 12 aromatic rings. The van der Waals surface area contributed by atoms with Crippen molar-refractivity contribution < 1.29 is 9.60 Å². The van der Waals surface area contributed by atoms with E-state index in [1.54, 1.807) is 4.57 Å². The second-order valence-corrected chi connectivity index (χ2v) is 19.6. The number of hydrogen-bond donors (Lipinski definition) is 0. The minimum Gasteiger partial charge on any atom is -0.307 e. The lowest BCUT2D eigenvalue weighted by molar-refractivity contribution is 1.13. The van der Waals surface area contributed by atoms with Gasteiger partial charge in [0.15, 0.2) is 8.07 Å². The Bertz CT molecular complexity index is 3970. The van der Waals surface area contributed by atoms with Crippen molar-refractivity contribution in [3.8, 4) is 33.6 Å². The minimum absolute atomic E-state index is 0.153. The molecule has 3 heteroatoms. The average Bonchev–Trinajstić information content (AvgIpc) is 3.95. The van der Waals surface area contributed by atoms with Gasteiger partial charge in [-0.3, -0.25) is 0 Å². The summed E-state index contributed by atoms with van der Waals surface area (Å²) in [6, 6.07) is 69.4. The number of hydrogen-bond acceptors (Lipinski definition) is 0. The summed E-state index contributed by atoms with van der Waals surface area (Å²) in [5, 5.41) is 5.68. The molecule has 0 spiro atoms. The summed E-state index contributed by atoms with van der Waals surface area (Å²) in [7, 11) is -3.84. The van der Waals surface area contributed by atoms with Gasteiger partial charge in [-0.1, -0.05) is 218 Å². The smallest absolute Gasteiger partial charge is 0.180 e. The fourth-order valence-electron chi connectivity index (χ4n) is 9.85. The summed E-state index contributed by atoms with van der Waals surface area (Å²) >= 11 is 0. The van der Waals surface area contributed by atoms with Crippen molar-refractivity contribution in [3.63, 3.8) is 0 Å². The van der Waals surface area contributed by atoms with Gasteiger partial charge >= 0.3 is 0 Å². The van der Waals surface area contributed by atoms with Gasteiger partial charge in [0, 0.05) is 27.2 Å². The van der Waals surface area contributed by atoms with E-state index in [-0.39, 0.29) is 46.6 Å². The first kappa shape index (κ1) is 30.1. The van der Waals surface area contributed by atoms with E-state index in [0.29, 0.717) is 16.3 Å². The van der Waals surface area contributed by atoms with Crippen LogP contribution in [0.25, 0.3) is 77.2 Å². The molecule has 10 aromatic carbocycles. The predicted molar refractivity (Wildman–Crippen MR) is 270 cm³/mol. The number of nitrogens with zero attached hydrogens (tertiary/aromatic N) is 2. The number of benzene rings is 10. The van der Waals surface area contributed by atoms with E-state index >= 15 is 0 Å². The Kier molecular flexibility index (Phi) is 7.25. The van der Waals surface area contributed by atoms with Crippen molar-refractivity contribution in [2.45, 2.75) is 0 Å².